The first-order valence-corrected chi connectivity index (χ1v) is 7.73. The topological polar surface area (TPSA) is 41.5 Å². The first-order chi connectivity index (χ1) is 8.74. The van der Waals surface area contributed by atoms with Crippen molar-refractivity contribution in [2.24, 2.45) is 0 Å². The van der Waals surface area contributed by atoms with Gasteiger partial charge in [0.05, 0.1) is 12.7 Å². The Kier molecular flexibility index (Phi) is 13.2. The molecule has 3 nitrogen and oxygen atoms in total. The number of aliphatic hydroxyl groups excluding tert-OH is 1. The zero-order valence-corrected chi connectivity index (χ0v) is 12.6. The van der Waals surface area contributed by atoms with Gasteiger partial charge in [-0.3, -0.25) is 0 Å². The van der Waals surface area contributed by atoms with E-state index < -0.39 is 0 Å². The van der Waals surface area contributed by atoms with Crippen LogP contribution in [0.25, 0.3) is 0 Å². The van der Waals surface area contributed by atoms with Gasteiger partial charge in [0.15, 0.2) is 0 Å². The van der Waals surface area contributed by atoms with Gasteiger partial charge in [-0.25, -0.2) is 0 Å². The van der Waals surface area contributed by atoms with Crippen molar-refractivity contribution in [2.75, 3.05) is 19.8 Å². The molecule has 110 valence electrons. The van der Waals surface area contributed by atoms with Crippen molar-refractivity contribution in [3.05, 3.63) is 0 Å². The lowest BCUT2D eigenvalue weighted by molar-refractivity contribution is 0.0342. The van der Waals surface area contributed by atoms with Crippen molar-refractivity contribution in [1.82, 2.24) is 5.32 Å². The fourth-order valence-electron chi connectivity index (χ4n) is 1.97. The number of hydrogen-bond acceptors (Lipinski definition) is 3. The van der Waals surface area contributed by atoms with E-state index >= 15 is 0 Å². The number of ether oxygens (including phenoxy) is 1. The molecular weight excluding hydrogens is 226 g/mol. The molecule has 0 radical (unpaired) electrons. The van der Waals surface area contributed by atoms with Gasteiger partial charge in [0, 0.05) is 19.2 Å². The molecule has 0 aliphatic carbocycles. The largest absolute Gasteiger partial charge is 0.389 e. The number of rotatable bonds is 13. The zero-order chi connectivity index (χ0) is 13.6. The molecule has 18 heavy (non-hydrogen) atoms. The van der Waals surface area contributed by atoms with E-state index in [4.69, 9.17) is 4.74 Å². The van der Waals surface area contributed by atoms with Crippen LogP contribution in [0.5, 0.6) is 0 Å². The van der Waals surface area contributed by atoms with E-state index in [0.717, 1.165) is 19.4 Å². The van der Waals surface area contributed by atoms with Crippen LogP contribution in [0.15, 0.2) is 0 Å². The molecule has 2 N–H and O–H groups in total. The van der Waals surface area contributed by atoms with Gasteiger partial charge in [-0.1, -0.05) is 46.5 Å². The minimum Gasteiger partial charge on any atom is -0.389 e. The summed E-state index contributed by atoms with van der Waals surface area (Å²) >= 11 is 0. The van der Waals surface area contributed by atoms with E-state index in [1.165, 1.54) is 32.1 Å². The Bertz CT molecular complexity index is 165. The van der Waals surface area contributed by atoms with E-state index in [9.17, 15) is 5.11 Å². The molecule has 0 aromatic carbocycles. The summed E-state index contributed by atoms with van der Waals surface area (Å²) in [6.07, 6.45) is 7.97. The molecule has 0 aliphatic heterocycles. The number of nitrogens with one attached hydrogen (secondary N) is 1. The van der Waals surface area contributed by atoms with Crippen LogP contribution in [0.3, 0.4) is 0 Å². The summed E-state index contributed by atoms with van der Waals surface area (Å²) in [5.74, 6) is 0. The molecule has 0 fully saturated rings. The Morgan fingerprint density at radius 2 is 1.72 bits per heavy atom. The van der Waals surface area contributed by atoms with Gasteiger partial charge >= 0.3 is 0 Å². The maximum Gasteiger partial charge on any atom is 0.0897 e. The minimum atomic E-state index is -0.372. The Morgan fingerprint density at radius 1 is 1.00 bits per heavy atom. The SMILES string of the molecule is CCCCOCC(O)CNC(CCC)CCCC. The number of aliphatic hydroxyl groups is 1. The van der Waals surface area contributed by atoms with Crippen molar-refractivity contribution in [1.29, 1.82) is 0 Å². The molecule has 0 rings (SSSR count). The molecule has 0 saturated carbocycles. The fourth-order valence-corrected chi connectivity index (χ4v) is 1.97. The third-order valence-corrected chi connectivity index (χ3v) is 3.14. The second-order valence-corrected chi connectivity index (χ2v) is 5.12. The molecule has 0 aliphatic rings. The maximum absolute atomic E-state index is 9.80. The van der Waals surface area contributed by atoms with Crippen LogP contribution in [0, 0.1) is 0 Å². The minimum absolute atomic E-state index is 0.372. The number of unbranched alkanes of at least 4 members (excludes halogenated alkanes) is 2. The van der Waals surface area contributed by atoms with Crippen molar-refractivity contribution in [3.63, 3.8) is 0 Å². The van der Waals surface area contributed by atoms with Gasteiger partial charge in [0.1, 0.15) is 0 Å². The van der Waals surface area contributed by atoms with Gasteiger partial charge in [-0.2, -0.15) is 0 Å². The zero-order valence-electron chi connectivity index (χ0n) is 12.6. The second-order valence-electron chi connectivity index (χ2n) is 5.12. The molecule has 3 heteroatoms. The molecular formula is C15H33NO2. The Balaban J connectivity index is 3.60. The lowest BCUT2D eigenvalue weighted by Crippen LogP contribution is -2.37. The second kappa shape index (κ2) is 13.3. The summed E-state index contributed by atoms with van der Waals surface area (Å²) in [7, 11) is 0. The summed E-state index contributed by atoms with van der Waals surface area (Å²) in [6.45, 7) is 8.46. The average molecular weight is 259 g/mol. The van der Waals surface area contributed by atoms with Crippen LogP contribution in [0.2, 0.25) is 0 Å². The molecule has 0 aromatic heterocycles. The lowest BCUT2D eigenvalue weighted by atomic mass is 10.1. The van der Waals surface area contributed by atoms with Crippen LogP contribution in [-0.2, 0) is 4.74 Å². The molecule has 0 heterocycles. The monoisotopic (exact) mass is 259 g/mol. The molecule has 0 spiro atoms. The average Bonchev–Trinajstić information content (AvgIpc) is 2.38. The predicted molar refractivity (Wildman–Crippen MR) is 78.0 cm³/mol. The third kappa shape index (κ3) is 11.0. The van der Waals surface area contributed by atoms with Gasteiger partial charge < -0.3 is 15.2 Å². The normalized spacial score (nSPS) is 14.7. The highest BCUT2D eigenvalue weighted by Gasteiger charge is 2.10. The summed E-state index contributed by atoms with van der Waals surface area (Å²) < 4.78 is 5.42. The van der Waals surface area contributed by atoms with Crippen molar-refractivity contribution >= 4 is 0 Å². The maximum atomic E-state index is 9.80. The summed E-state index contributed by atoms with van der Waals surface area (Å²) in [6, 6.07) is 0.556. The highest BCUT2D eigenvalue weighted by atomic mass is 16.5. The van der Waals surface area contributed by atoms with E-state index in [-0.39, 0.29) is 6.10 Å². The summed E-state index contributed by atoms with van der Waals surface area (Å²) in [5.41, 5.74) is 0. The number of hydrogen-bond donors (Lipinski definition) is 2. The molecule has 2 unspecified atom stereocenters. The van der Waals surface area contributed by atoms with Gasteiger partial charge in [0.25, 0.3) is 0 Å². The fraction of sp³-hybridized carbons (Fsp3) is 1.00. The molecule has 0 saturated heterocycles. The van der Waals surface area contributed by atoms with E-state index in [1.807, 2.05) is 0 Å². The Hall–Kier alpha value is -0.120. The van der Waals surface area contributed by atoms with E-state index in [0.29, 0.717) is 19.2 Å². The van der Waals surface area contributed by atoms with E-state index in [2.05, 4.69) is 26.1 Å². The van der Waals surface area contributed by atoms with Crippen molar-refractivity contribution in [3.8, 4) is 0 Å². The van der Waals surface area contributed by atoms with Crippen LogP contribution in [-0.4, -0.2) is 37.0 Å². The van der Waals surface area contributed by atoms with Crippen LogP contribution >= 0.6 is 0 Å². The molecule has 0 aromatic rings. The van der Waals surface area contributed by atoms with Crippen molar-refractivity contribution < 1.29 is 9.84 Å². The van der Waals surface area contributed by atoms with Gasteiger partial charge in [-0.15, -0.1) is 0 Å². The van der Waals surface area contributed by atoms with Crippen LogP contribution in [0.1, 0.15) is 65.7 Å². The Morgan fingerprint density at radius 3 is 2.33 bits per heavy atom. The molecule has 0 bridgehead atoms. The Labute approximate surface area is 113 Å². The predicted octanol–water partition coefficient (Wildman–Crippen LogP) is 3.11. The van der Waals surface area contributed by atoms with Gasteiger partial charge in [-0.05, 0) is 19.3 Å². The highest BCUT2D eigenvalue weighted by Crippen LogP contribution is 2.06. The quantitative estimate of drug-likeness (QED) is 0.499. The van der Waals surface area contributed by atoms with Crippen molar-refractivity contribution in [2.45, 2.75) is 77.9 Å². The van der Waals surface area contributed by atoms with Crippen LogP contribution in [0.4, 0.5) is 0 Å². The summed E-state index contributed by atoms with van der Waals surface area (Å²) in [4.78, 5) is 0. The van der Waals surface area contributed by atoms with Gasteiger partial charge in [0.2, 0.25) is 0 Å². The van der Waals surface area contributed by atoms with Crippen LogP contribution < -0.4 is 5.32 Å². The standard InChI is InChI=1S/C15H33NO2/c1-4-7-10-14(9-6-3)16-12-15(17)13-18-11-8-5-2/h14-17H,4-13H2,1-3H3. The smallest absolute Gasteiger partial charge is 0.0897 e. The summed E-state index contributed by atoms with van der Waals surface area (Å²) in [5, 5.41) is 13.3. The van der Waals surface area contributed by atoms with E-state index in [1.54, 1.807) is 0 Å². The molecule has 2 atom stereocenters. The third-order valence-electron chi connectivity index (χ3n) is 3.14. The first kappa shape index (κ1) is 17.9. The lowest BCUT2D eigenvalue weighted by Gasteiger charge is -2.20. The highest BCUT2D eigenvalue weighted by molar-refractivity contribution is 4.69. The first-order valence-electron chi connectivity index (χ1n) is 7.73. The molecule has 0 amide bonds.